The molecule has 0 aromatic carbocycles. The van der Waals surface area contributed by atoms with Gasteiger partial charge < -0.3 is 51.4 Å². The zero-order valence-electron chi connectivity index (χ0n) is 55.5. The van der Waals surface area contributed by atoms with Crippen molar-refractivity contribution in [1.29, 1.82) is 0 Å². The van der Waals surface area contributed by atoms with Gasteiger partial charge in [-0.2, -0.15) is 0 Å². The van der Waals surface area contributed by atoms with E-state index in [1.54, 1.807) is 0 Å². The largest absolute Gasteiger partial charge is 0.490 e. The molecule has 3 rings (SSSR count). The summed E-state index contributed by atoms with van der Waals surface area (Å²) in [6.45, 7) is 74.7. The van der Waals surface area contributed by atoms with Crippen LogP contribution in [0.15, 0.2) is 0 Å². The van der Waals surface area contributed by atoms with Crippen molar-refractivity contribution in [3.63, 3.8) is 0 Å². The van der Waals surface area contributed by atoms with Gasteiger partial charge in [0.2, 0.25) is 0 Å². The summed E-state index contributed by atoms with van der Waals surface area (Å²) in [7, 11) is -35.4. The summed E-state index contributed by atoms with van der Waals surface area (Å²) >= 11 is 0. The van der Waals surface area contributed by atoms with Gasteiger partial charge in [-0.3, -0.25) is 0 Å². The Kier molecular flexibility index (Phi) is 18.8. The average Bonchev–Trinajstić information content (AvgIpc) is 3.25. The minimum absolute atomic E-state index is 0.623. The van der Waals surface area contributed by atoms with Gasteiger partial charge in [0.1, 0.15) is 0 Å². The molecule has 0 amide bonds. The second-order valence-electron chi connectivity index (χ2n) is 31.9. The maximum absolute atomic E-state index is 15.1. The Morgan fingerprint density at radius 2 is 0.307 bits per heavy atom. The lowest BCUT2D eigenvalue weighted by molar-refractivity contribution is -0.0619. The van der Waals surface area contributed by atoms with Crippen LogP contribution in [0.5, 0.6) is 0 Å². The molecule has 3 heterocycles. The lowest BCUT2D eigenvalue weighted by Gasteiger charge is -2.70. The third-order valence-corrected chi connectivity index (χ3v) is 61.0. The topological polar surface area (TPSA) is 144 Å². The van der Waals surface area contributed by atoms with E-state index >= 15 is 14.4 Å². The van der Waals surface area contributed by atoms with E-state index in [4.69, 9.17) is 37.0 Å². The van der Waals surface area contributed by atoms with Gasteiger partial charge in [0.15, 0.2) is 0 Å². The highest BCUT2D eigenvalue weighted by molar-refractivity contribution is 7.01. The Morgan fingerprint density at radius 3 is 0.427 bits per heavy atom. The Balaban J connectivity index is 3.33. The molecule has 0 spiro atoms. The van der Waals surface area contributed by atoms with Gasteiger partial charge in [-0.15, -0.1) is 0 Å². The van der Waals surface area contributed by atoms with Crippen molar-refractivity contribution in [3.8, 4) is 0 Å². The zero-order chi connectivity index (χ0) is 59.8. The molecule has 3 N–H and O–H groups in total. The van der Waals surface area contributed by atoms with Crippen LogP contribution in [0, 0.1) is 37.9 Å². The molecule has 0 saturated carbocycles. The molecule has 0 aromatic rings. The van der Waals surface area contributed by atoms with Crippen molar-refractivity contribution in [1.82, 2.24) is 0 Å². The predicted octanol–water partition coefficient (Wildman–Crippen LogP) is 17.2. The first-order valence-electron chi connectivity index (χ1n) is 29.3. The second kappa shape index (κ2) is 20.1. The minimum Gasteiger partial charge on any atom is -0.390 e. The Labute approximate surface area is 470 Å². The summed E-state index contributed by atoms with van der Waals surface area (Å²) < 4.78 is 75.9. The van der Waals surface area contributed by atoms with E-state index in [1.165, 1.54) is 0 Å². The van der Waals surface area contributed by atoms with Gasteiger partial charge >= 0.3 is 61.6 Å². The van der Waals surface area contributed by atoms with Gasteiger partial charge in [-0.1, -0.05) is 287 Å². The van der Waals surface area contributed by atoms with Crippen molar-refractivity contribution in [2.75, 3.05) is 0 Å². The molecular formula is C56H122O12Si7. The van der Waals surface area contributed by atoms with Crippen LogP contribution in [0.3, 0.4) is 0 Å². The van der Waals surface area contributed by atoms with Crippen molar-refractivity contribution in [3.05, 3.63) is 0 Å². The quantitative estimate of drug-likeness (QED) is 0.0941. The highest BCUT2D eigenvalue weighted by atomic mass is 28.6. The zero-order valence-corrected chi connectivity index (χ0v) is 62.5. The average molecular weight is 1180 g/mol. The molecule has 0 aliphatic carbocycles. The van der Waals surface area contributed by atoms with Crippen molar-refractivity contribution in [2.24, 2.45) is 37.9 Å². The lowest BCUT2D eigenvalue weighted by atomic mass is 9.78. The lowest BCUT2D eigenvalue weighted by Crippen LogP contribution is -2.90. The smallest absolute Gasteiger partial charge is 0.390 e. The van der Waals surface area contributed by atoms with Gasteiger partial charge in [0.25, 0.3) is 0 Å². The van der Waals surface area contributed by atoms with Crippen LogP contribution in [-0.2, 0) is 37.0 Å². The molecule has 0 radical (unpaired) electrons. The fourth-order valence-electron chi connectivity index (χ4n) is 10.3. The molecule has 0 aromatic heterocycles. The van der Waals surface area contributed by atoms with E-state index in [2.05, 4.69) is 201 Å². The predicted molar refractivity (Wildman–Crippen MR) is 323 cm³/mol. The van der Waals surface area contributed by atoms with Gasteiger partial charge in [0.05, 0.1) is 0 Å². The molecule has 75 heavy (non-hydrogen) atoms. The summed E-state index contributed by atoms with van der Waals surface area (Å²) in [5.74, 6) is 0. The molecule has 12 nitrogen and oxygen atoms in total. The van der Waals surface area contributed by atoms with Crippen LogP contribution in [0.2, 0.25) is 35.3 Å². The summed E-state index contributed by atoms with van der Waals surface area (Å²) in [6, 6.07) is 0. The van der Waals surface area contributed by atoms with E-state index < -0.39 is 135 Å². The van der Waals surface area contributed by atoms with Crippen molar-refractivity contribution < 1.29 is 51.4 Å². The third kappa shape index (κ3) is 9.81. The summed E-state index contributed by atoms with van der Waals surface area (Å²) in [6.07, 6.45) is 4.54. The molecule has 4 bridgehead atoms. The highest BCUT2D eigenvalue weighted by Crippen LogP contribution is 2.74. The normalized spacial score (nSPS) is 32.4. The fraction of sp³-hybridized carbons (Fsp3) is 1.00. The Bertz CT molecular complexity index is 1820. The van der Waals surface area contributed by atoms with Crippen molar-refractivity contribution >= 4 is 61.6 Å². The minimum atomic E-state index is -5.13. The van der Waals surface area contributed by atoms with Crippen LogP contribution >= 0.6 is 0 Å². The fourth-order valence-corrected chi connectivity index (χ4v) is 56.9. The SMILES string of the molecule is CCC(C)(C)C(C)(C)[Si]1(O)O[Si]2(C(C)(C)C(C)(C)CC)O[Si](O)(C(C)(C)C(C)(C)CC)O[Si]3(C(C)(C)C(C)(C)CC)O[Si](O)(C(C)(C)C(C)(C)CC)O[Si](C(C)(C)C(C)(C)CC)(O1)O[Si](C(C)(C)C(C)(C)CC)(O2)O3. The second-order valence-corrected chi connectivity index (χ2v) is 56.0. The number of hydrogen-bond donors (Lipinski definition) is 3. The van der Waals surface area contributed by atoms with Crippen LogP contribution in [-0.4, -0.2) is 76.0 Å². The molecule has 19 heteroatoms. The van der Waals surface area contributed by atoms with Crippen LogP contribution in [0.4, 0.5) is 0 Å². The monoisotopic (exact) mass is 1180 g/mol. The van der Waals surface area contributed by atoms with E-state index in [1.807, 2.05) is 41.5 Å². The Hall–Kier alpha value is 1.04. The Morgan fingerprint density at radius 1 is 0.200 bits per heavy atom. The molecule has 446 valence electrons. The third-order valence-electron chi connectivity index (χ3n) is 25.9. The van der Waals surface area contributed by atoms with Crippen molar-refractivity contribution in [2.45, 2.75) is 323 Å². The van der Waals surface area contributed by atoms with Crippen LogP contribution in [0.1, 0.15) is 287 Å². The van der Waals surface area contributed by atoms with Gasteiger partial charge in [-0.05, 0) is 37.9 Å². The maximum atomic E-state index is 15.1. The maximum Gasteiger partial charge on any atom is 0.490 e. The van der Waals surface area contributed by atoms with Gasteiger partial charge in [0, 0.05) is 35.3 Å². The first-order chi connectivity index (χ1) is 32.8. The molecule has 3 aliphatic heterocycles. The van der Waals surface area contributed by atoms with Crippen LogP contribution < -0.4 is 0 Å². The summed E-state index contributed by atoms with van der Waals surface area (Å²) in [5, 5.41) is -8.06. The number of fused-ring (bicyclic) bond motifs is 3. The number of rotatable bonds is 21. The standard InChI is InChI=1S/C56H122O12Si7/c1-36-43(8,9)50(22,23)69(57)60-72(53(28,29)46(14,15)39-4)62-70(58,51(24,25)44(10,11)37-2)64-74(55(32,33)48(18,19)41-6)65-71(59,52(26,27)45(12,13)38-3)63-73(61-69,54(30,31)47(16,17)40-5)67-75(66-72,68-74)56(34,35)49(20,21)42-7/h57-59H,36-42H2,1-35H3. The van der Waals surface area contributed by atoms with Gasteiger partial charge in [-0.25, -0.2) is 0 Å². The summed E-state index contributed by atoms with van der Waals surface area (Å²) in [5.41, 5.74) is -4.56. The number of hydrogen-bond acceptors (Lipinski definition) is 12. The molecule has 3 aliphatic rings. The van der Waals surface area contributed by atoms with E-state index in [0.29, 0.717) is 44.9 Å². The highest BCUT2D eigenvalue weighted by Gasteiger charge is 2.90. The first kappa shape index (κ1) is 70.3. The molecule has 0 unspecified atom stereocenters. The molecule has 3 fully saturated rings. The molecular weight excluding hydrogens is 1060 g/mol. The van der Waals surface area contributed by atoms with Crippen LogP contribution in [0.25, 0.3) is 0 Å². The molecule has 0 atom stereocenters. The molecule has 3 saturated heterocycles. The van der Waals surface area contributed by atoms with E-state index in [-0.39, 0.29) is 0 Å². The van der Waals surface area contributed by atoms with E-state index in [0.717, 1.165) is 0 Å². The first-order valence-corrected chi connectivity index (χ1v) is 41.5. The van der Waals surface area contributed by atoms with E-state index in [9.17, 15) is 0 Å². The summed E-state index contributed by atoms with van der Waals surface area (Å²) in [4.78, 5) is 45.2.